The third-order valence-corrected chi connectivity index (χ3v) is 4.46. The van der Waals surface area contributed by atoms with Gasteiger partial charge in [-0.1, -0.05) is 30.3 Å². The summed E-state index contributed by atoms with van der Waals surface area (Å²) in [6.07, 6.45) is 3.62. The zero-order valence-electron chi connectivity index (χ0n) is 12.9. The number of carbonyl (C=O) groups excluding carboxylic acids is 1. The van der Waals surface area contributed by atoms with Crippen LogP contribution in [0.3, 0.4) is 0 Å². The summed E-state index contributed by atoms with van der Waals surface area (Å²) in [7, 11) is 3.13. The molecule has 116 valence electrons. The molecule has 1 N–H and O–H groups in total. The number of esters is 1. The van der Waals surface area contributed by atoms with Crippen molar-refractivity contribution >= 4 is 5.97 Å². The molecule has 0 bridgehead atoms. The number of carbonyl (C=O) groups is 1. The lowest BCUT2D eigenvalue weighted by atomic mass is 9.74. The molecule has 1 fully saturated rings. The van der Waals surface area contributed by atoms with E-state index in [1.54, 1.807) is 7.11 Å². The van der Waals surface area contributed by atoms with Gasteiger partial charge in [-0.05, 0) is 37.2 Å². The van der Waals surface area contributed by atoms with E-state index in [4.69, 9.17) is 9.47 Å². The molecule has 4 heteroatoms. The molecule has 0 radical (unpaired) electrons. The lowest BCUT2D eigenvalue weighted by molar-refractivity contribution is -0.150. The maximum Gasteiger partial charge on any atom is 0.326 e. The number of hydrogen-bond acceptors (Lipinski definition) is 4. The summed E-state index contributed by atoms with van der Waals surface area (Å²) >= 11 is 0. The van der Waals surface area contributed by atoms with Crippen LogP contribution in [0.25, 0.3) is 0 Å². The number of nitrogens with one attached hydrogen (secondary N) is 1. The monoisotopic (exact) mass is 291 g/mol. The standard InChI is InChI=1S/C17H25NO3/c1-20-13-12-18-17(16(19)21-2)10-8-15(9-11-17)14-6-4-3-5-7-14/h3-7,15,18H,8-13H2,1-2H3. The predicted molar refractivity (Wildman–Crippen MR) is 82.3 cm³/mol. The first kappa shape index (κ1) is 16.0. The number of methoxy groups -OCH3 is 2. The van der Waals surface area contributed by atoms with Crippen molar-refractivity contribution in [1.29, 1.82) is 0 Å². The van der Waals surface area contributed by atoms with Crippen LogP contribution in [0.4, 0.5) is 0 Å². The van der Waals surface area contributed by atoms with Crippen molar-refractivity contribution in [2.24, 2.45) is 0 Å². The van der Waals surface area contributed by atoms with E-state index in [1.165, 1.54) is 12.7 Å². The third kappa shape index (κ3) is 3.83. The molecule has 1 aliphatic carbocycles. The first-order valence-corrected chi connectivity index (χ1v) is 7.59. The third-order valence-electron chi connectivity index (χ3n) is 4.46. The average molecular weight is 291 g/mol. The molecule has 0 atom stereocenters. The van der Waals surface area contributed by atoms with Crippen LogP contribution >= 0.6 is 0 Å². The van der Waals surface area contributed by atoms with Gasteiger partial charge in [-0.15, -0.1) is 0 Å². The van der Waals surface area contributed by atoms with E-state index in [9.17, 15) is 4.79 Å². The van der Waals surface area contributed by atoms with Crippen molar-refractivity contribution in [2.45, 2.75) is 37.1 Å². The van der Waals surface area contributed by atoms with Gasteiger partial charge in [0, 0.05) is 13.7 Å². The summed E-state index contributed by atoms with van der Waals surface area (Å²) in [5, 5.41) is 3.36. The van der Waals surface area contributed by atoms with Crippen LogP contribution in [0.15, 0.2) is 30.3 Å². The van der Waals surface area contributed by atoms with Crippen molar-refractivity contribution in [3.63, 3.8) is 0 Å². The van der Waals surface area contributed by atoms with Crippen molar-refractivity contribution in [3.8, 4) is 0 Å². The second kappa shape index (κ2) is 7.57. The second-order valence-electron chi connectivity index (χ2n) is 5.68. The van der Waals surface area contributed by atoms with E-state index in [1.807, 2.05) is 6.07 Å². The second-order valence-corrected chi connectivity index (χ2v) is 5.68. The average Bonchev–Trinajstić information content (AvgIpc) is 2.55. The van der Waals surface area contributed by atoms with Gasteiger partial charge in [-0.3, -0.25) is 10.1 Å². The van der Waals surface area contributed by atoms with Crippen LogP contribution in [0.1, 0.15) is 37.2 Å². The Morgan fingerprint density at radius 2 is 1.90 bits per heavy atom. The number of ether oxygens (including phenoxy) is 2. The largest absolute Gasteiger partial charge is 0.468 e. The molecule has 0 aromatic heterocycles. The molecule has 0 spiro atoms. The van der Waals surface area contributed by atoms with Crippen LogP contribution in [0.5, 0.6) is 0 Å². The van der Waals surface area contributed by atoms with Crippen LogP contribution in [0, 0.1) is 0 Å². The van der Waals surface area contributed by atoms with E-state index in [0.29, 0.717) is 19.1 Å². The molecule has 0 saturated heterocycles. The molecule has 0 unspecified atom stereocenters. The van der Waals surface area contributed by atoms with Gasteiger partial charge >= 0.3 is 5.97 Å². The fraction of sp³-hybridized carbons (Fsp3) is 0.588. The topological polar surface area (TPSA) is 47.6 Å². The molecule has 1 saturated carbocycles. The van der Waals surface area contributed by atoms with Crippen LogP contribution in [-0.2, 0) is 14.3 Å². The molecule has 1 aromatic rings. The summed E-state index contributed by atoms with van der Waals surface area (Å²) < 4.78 is 10.1. The first-order valence-electron chi connectivity index (χ1n) is 7.59. The summed E-state index contributed by atoms with van der Waals surface area (Å²) in [6, 6.07) is 10.5. The highest BCUT2D eigenvalue weighted by molar-refractivity contribution is 5.81. The van der Waals surface area contributed by atoms with Gasteiger partial charge in [0.25, 0.3) is 0 Å². The molecule has 0 amide bonds. The molecule has 2 rings (SSSR count). The zero-order chi connectivity index (χ0) is 15.1. The zero-order valence-corrected chi connectivity index (χ0v) is 12.9. The van der Waals surface area contributed by atoms with E-state index < -0.39 is 5.54 Å². The molecule has 4 nitrogen and oxygen atoms in total. The Balaban J connectivity index is 2.01. The van der Waals surface area contributed by atoms with Crippen molar-refractivity contribution in [3.05, 3.63) is 35.9 Å². The summed E-state index contributed by atoms with van der Waals surface area (Å²) in [6.45, 7) is 1.27. The van der Waals surface area contributed by atoms with E-state index in [-0.39, 0.29) is 5.97 Å². The van der Waals surface area contributed by atoms with E-state index >= 15 is 0 Å². The number of benzene rings is 1. The Morgan fingerprint density at radius 1 is 1.24 bits per heavy atom. The lowest BCUT2D eigenvalue weighted by Gasteiger charge is -2.38. The Labute approximate surface area is 126 Å². The SMILES string of the molecule is COCCNC1(C(=O)OC)CCC(c2ccccc2)CC1. The van der Waals surface area contributed by atoms with E-state index in [0.717, 1.165) is 25.7 Å². The summed E-state index contributed by atoms with van der Waals surface area (Å²) in [5.74, 6) is 0.387. The molecule has 21 heavy (non-hydrogen) atoms. The summed E-state index contributed by atoms with van der Waals surface area (Å²) in [5.41, 5.74) is 0.825. The Hall–Kier alpha value is -1.39. The van der Waals surface area contributed by atoms with Crippen molar-refractivity contribution in [1.82, 2.24) is 5.32 Å². The fourth-order valence-electron chi connectivity index (χ4n) is 3.21. The van der Waals surface area contributed by atoms with Crippen LogP contribution in [0.2, 0.25) is 0 Å². The molecular weight excluding hydrogens is 266 g/mol. The van der Waals surface area contributed by atoms with Gasteiger partial charge < -0.3 is 9.47 Å². The Kier molecular flexibility index (Phi) is 5.76. The predicted octanol–water partition coefficient (Wildman–Crippen LogP) is 2.49. The van der Waals surface area contributed by atoms with Crippen molar-refractivity contribution in [2.75, 3.05) is 27.4 Å². The minimum absolute atomic E-state index is 0.148. The quantitative estimate of drug-likeness (QED) is 0.646. The van der Waals surface area contributed by atoms with Gasteiger partial charge in [0.2, 0.25) is 0 Å². The highest BCUT2D eigenvalue weighted by Gasteiger charge is 2.42. The molecule has 0 aliphatic heterocycles. The number of hydrogen-bond donors (Lipinski definition) is 1. The Bertz CT molecular complexity index is 439. The molecular formula is C17H25NO3. The van der Waals surface area contributed by atoms with Gasteiger partial charge in [-0.2, -0.15) is 0 Å². The fourth-order valence-corrected chi connectivity index (χ4v) is 3.21. The smallest absolute Gasteiger partial charge is 0.326 e. The maximum absolute atomic E-state index is 12.2. The highest BCUT2D eigenvalue weighted by atomic mass is 16.5. The van der Waals surface area contributed by atoms with Gasteiger partial charge in [0.1, 0.15) is 5.54 Å². The van der Waals surface area contributed by atoms with Crippen molar-refractivity contribution < 1.29 is 14.3 Å². The number of rotatable bonds is 6. The van der Waals surface area contributed by atoms with Crippen LogP contribution < -0.4 is 5.32 Å². The highest BCUT2D eigenvalue weighted by Crippen LogP contribution is 2.38. The van der Waals surface area contributed by atoms with Crippen LogP contribution in [-0.4, -0.2) is 38.9 Å². The van der Waals surface area contributed by atoms with E-state index in [2.05, 4.69) is 29.6 Å². The van der Waals surface area contributed by atoms with Gasteiger partial charge in [0.15, 0.2) is 0 Å². The minimum atomic E-state index is -0.543. The Morgan fingerprint density at radius 3 is 2.48 bits per heavy atom. The van der Waals surface area contributed by atoms with Gasteiger partial charge in [0.05, 0.1) is 13.7 Å². The first-order chi connectivity index (χ1) is 10.2. The lowest BCUT2D eigenvalue weighted by Crippen LogP contribution is -2.55. The molecule has 0 heterocycles. The minimum Gasteiger partial charge on any atom is -0.468 e. The molecule has 1 aromatic carbocycles. The maximum atomic E-state index is 12.2. The molecule has 1 aliphatic rings. The summed E-state index contributed by atoms with van der Waals surface area (Å²) in [4.78, 5) is 12.2. The normalized spacial score (nSPS) is 25.5. The van der Waals surface area contributed by atoms with Gasteiger partial charge in [-0.25, -0.2) is 0 Å².